The summed E-state index contributed by atoms with van der Waals surface area (Å²) in [6.07, 6.45) is 2.18. The second-order valence-corrected chi connectivity index (χ2v) is 8.83. The van der Waals surface area contributed by atoms with E-state index < -0.39 is 0 Å². The molecule has 5 nitrogen and oxygen atoms in total. The van der Waals surface area contributed by atoms with Crippen molar-refractivity contribution in [3.63, 3.8) is 0 Å². The van der Waals surface area contributed by atoms with Crippen molar-refractivity contribution in [3.8, 4) is 11.4 Å². The Balaban J connectivity index is 1.69. The molecule has 0 bridgehead atoms. The van der Waals surface area contributed by atoms with Crippen LogP contribution < -0.4 is 5.32 Å². The van der Waals surface area contributed by atoms with Crippen molar-refractivity contribution in [2.45, 2.75) is 64.2 Å². The Labute approximate surface area is 154 Å². The zero-order valence-corrected chi connectivity index (χ0v) is 16.4. The minimum Gasteiger partial charge on any atom is -0.338 e. The second-order valence-electron chi connectivity index (χ2n) is 8.39. The SMILES string of the molecule is CN(Cc1nc(-c2ccc(Cl)cc2)no1)C1CC(C)(C)NC(C)(C)C1. The van der Waals surface area contributed by atoms with E-state index in [0.29, 0.717) is 29.3 Å². The maximum atomic E-state index is 5.93. The third kappa shape index (κ3) is 4.60. The summed E-state index contributed by atoms with van der Waals surface area (Å²) in [5.41, 5.74) is 1.14. The third-order valence-corrected chi connectivity index (χ3v) is 5.00. The molecule has 1 aliphatic heterocycles. The van der Waals surface area contributed by atoms with Crippen molar-refractivity contribution < 1.29 is 4.52 Å². The number of halogens is 1. The Morgan fingerprint density at radius 2 is 1.76 bits per heavy atom. The van der Waals surface area contributed by atoms with Gasteiger partial charge in [-0.15, -0.1) is 0 Å². The lowest BCUT2D eigenvalue weighted by atomic mass is 9.79. The molecular formula is C19H27ClN4O. The van der Waals surface area contributed by atoms with Crippen molar-refractivity contribution >= 4 is 11.6 Å². The van der Waals surface area contributed by atoms with E-state index in [2.05, 4.69) is 55.1 Å². The van der Waals surface area contributed by atoms with E-state index >= 15 is 0 Å². The lowest BCUT2D eigenvalue weighted by molar-refractivity contribution is 0.0717. The fourth-order valence-corrected chi connectivity index (χ4v) is 4.08. The van der Waals surface area contributed by atoms with Gasteiger partial charge < -0.3 is 9.84 Å². The minimum absolute atomic E-state index is 0.115. The number of benzene rings is 1. The number of hydrogen-bond donors (Lipinski definition) is 1. The number of rotatable bonds is 4. The topological polar surface area (TPSA) is 54.2 Å². The molecular weight excluding hydrogens is 336 g/mol. The van der Waals surface area contributed by atoms with E-state index in [1.54, 1.807) is 0 Å². The standard InChI is InChI=1S/C19H27ClN4O/c1-18(2)10-15(11-19(3,4)23-18)24(5)12-16-21-17(22-25-16)13-6-8-14(20)9-7-13/h6-9,15,23H,10-12H2,1-5H3. The van der Waals surface area contributed by atoms with Crippen LogP contribution in [0.5, 0.6) is 0 Å². The molecule has 1 N–H and O–H groups in total. The average molecular weight is 363 g/mol. The number of aromatic nitrogens is 2. The molecule has 0 amide bonds. The second kappa shape index (κ2) is 6.71. The van der Waals surface area contributed by atoms with Crippen LogP contribution in [0.25, 0.3) is 11.4 Å². The smallest absolute Gasteiger partial charge is 0.241 e. The van der Waals surface area contributed by atoms with E-state index in [4.69, 9.17) is 16.1 Å². The highest BCUT2D eigenvalue weighted by atomic mass is 35.5. The highest BCUT2D eigenvalue weighted by Gasteiger charge is 2.39. The van der Waals surface area contributed by atoms with Gasteiger partial charge in [0.25, 0.3) is 0 Å². The van der Waals surface area contributed by atoms with Crippen LogP contribution in [0.1, 0.15) is 46.4 Å². The Bertz CT molecular complexity index is 707. The number of hydrogen-bond acceptors (Lipinski definition) is 5. The van der Waals surface area contributed by atoms with Crippen molar-refractivity contribution in [1.29, 1.82) is 0 Å². The fourth-order valence-electron chi connectivity index (χ4n) is 3.96. The van der Waals surface area contributed by atoms with E-state index in [1.807, 2.05) is 24.3 Å². The largest absolute Gasteiger partial charge is 0.338 e. The third-order valence-electron chi connectivity index (χ3n) is 4.75. The summed E-state index contributed by atoms with van der Waals surface area (Å²) in [5.74, 6) is 1.24. The molecule has 0 saturated carbocycles. The van der Waals surface area contributed by atoms with Crippen LogP contribution in [0.4, 0.5) is 0 Å². The Kier molecular flexibility index (Phi) is 4.93. The normalized spacial score (nSPS) is 20.1. The fraction of sp³-hybridized carbons (Fsp3) is 0.579. The van der Waals surface area contributed by atoms with Gasteiger partial charge in [-0.05, 0) is 71.8 Å². The summed E-state index contributed by atoms with van der Waals surface area (Å²) in [7, 11) is 2.13. The monoisotopic (exact) mass is 362 g/mol. The van der Waals surface area contributed by atoms with Gasteiger partial charge in [0.2, 0.25) is 11.7 Å². The molecule has 1 aromatic heterocycles. The quantitative estimate of drug-likeness (QED) is 0.886. The van der Waals surface area contributed by atoms with Gasteiger partial charge in [0.15, 0.2) is 0 Å². The van der Waals surface area contributed by atoms with Gasteiger partial charge in [0.1, 0.15) is 0 Å². The summed E-state index contributed by atoms with van der Waals surface area (Å²) in [6, 6.07) is 7.94. The van der Waals surface area contributed by atoms with Gasteiger partial charge in [-0.25, -0.2) is 0 Å². The van der Waals surface area contributed by atoms with E-state index in [0.717, 1.165) is 18.4 Å². The van der Waals surface area contributed by atoms with Gasteiger partial charge in [-0.1, -0.05) is 16.8 Å². The van der Waals surface area contributed by atoms with Crippen molar-refractivity contribution in [2.24, 2.45) is 0 Å². The molecule has 1 saturated heterocycles. The molecule has 2 heterocycles. The molecule has 2 aromatic rings. The van der Waals surface area contributed by atoms with Crippen LogP contribution in [-0.4, -0.2) is 39.2 Å². The predicted molar refractivity (Wildman–Crippen MR) is 101 cm³/mol. The molecule has 0 unspecified atom stereocenters. The molecule has 1 aromatic carbocycles. The van der Waals surface area contributed by atoms with Crippen LogP contribution in [0, 0.1) is 0 Å². The number of nitrogens with one attached hydrogen (secondary N) is 1. The van der Waals surface area contributed by atoms with Crippen LogP contribution in [0.15, 0.2) is 28.8 Å². The molecule has 136 valence electrons. The zero-order valence-electron chi connectivity index (χ0n) is 15.6. The molecule has 25 heavy (non-hydrogen) atoms. The molecule has 1 fully saturated rings. The average Bonchev–Trinajstić information content (AvgIpc) is 2.93. The van der Waals surface area contributed by atoms with Gasteiger partial charge >= 0.3 is 0 Å². The van der Waals surface area contributed by atoms with Gasteiger partial charge in [0.05, 0.1) is 6.54 Å². The summed E-state index contributed by atoms with van der Waals surface area (Å²) in [4.78, 5) is 6.86. The van der Waals surface area contributed by atoms with E-state index in [1.165, 1.54) is 0 Å². The molecule has 0 radical (unpaired) electrons. The first kappa shape index (κ1) is 18.4. The van der Waals surface area contributed by atoms with E-state index in [-0.39, 0.29) is 11.1 Å². The molecule has 6 heteroatoms. The maximum absolute atomic E-state index is 5.93. The van der Waals surface area contributed by atoms with E-state index in [9.17, 15) is 0 Å². The predicted octanol–water partition coefficient (Wildman–Crippen LogP) is 4.13. The molecule has 3 rings (SSSR count). The van der Waals surface area contributed by atoms with Crippen LogP contribution in [0.3, 0.4) is 0 Å². The Morgan fingerprint density at radius 1 is 1.16 bits per heavy atom. The number of nitrogens with zero attached hydrogens (tertiary/aromatic N) is 3. The van der Waals surface area contributed by atoms with Gasteiger partial charge in [-0.2, -0.15) is 4.98 Å². The van der Waals surface area contributed by atoms with Gasteiger partial charge in [0, 0.05) is 27.7 Å². The lowest BCUT2D eigenvalue weighted by Gasteiger charge is -2.48. The highest BCUT2D eigenvalue weighted by molar-refractivity contribution is 6.30. The Hall–Kier alpha value is -1.43. The zero-order chi connectivity index (χ0) is 18.2. The summed E-state index contributed by atoms with van der Waals surface area (Å²) in [6.45, 7) is 9.71. The Morgan fingerprint density at radius 3 is 2.36 bits per heavy atom. The first-order valence-corrected chi connectivity index (χ1v) is 9.09. The van der Waals surface area contributed by atoms with Crippen molar-refractivity contribution in [1.82, 2.24) is 20.4 Å². The van der Waals surface area contributed by atoms with Crippen molar-refractivity contribution in [2.75, 3.05) is 7.05 Å². The van der Waals surface area contributed by atoms with Crippen LogP contribution >= 0.6 is 11.6 Å². The molecule has 1 aliphatic rings. The summed E-state index contributed by atoms with van der Waals surface area (Å²) >= 11 is 5.93. The lowest BCUT2D eigenvalue weighted by Crippen LogP contribution is -2.61. The summed E-state index contributed by atoms with van der Waals surface area (Å²) in [5, 5.41) is 8.52. The first-order valence-electron chi connectivity index (χ1n) is 8.72. The van der Waals surface area contributed by atoms with Gasteiger partial charge in [-0.3, -0.25) is 4.90 Å². The molecule has 0 atom stereocenters. The summed E-state index contributed by atoms with van der Waals surface area (Å²) < 4.78 is 5.46. The molecule has 0 aliphatic carbocycles. The molecule has 0 spiro atoms. The highest BCUT2D eigenvalue weighted by Crippen LogP contribution is 2.31. The van der Waals surface area contributed by atoms with Crippen LogP contribution in [-0.2, 0) is 6.54 Å². The van der Waals surface area contributed by atoms with Crippen molar-refractivity contribution in [3.05, 3.63) is 35.2 Å². The maximum Gasteiger partial charge on any atom is 0.241 e. The number of piperidine rings is 1. The minimum atomic E-state index is 0.115. The van der Waals surface area contributed by atoms with Crippen LogP contribution in [0.2, 0.25) is 5.02 Å². The first-order chi connectivity index (χ1) is 11.6.